The summed E-state index contributed by atoms with van der Waals surface area (Å²) in [5.41, 5.74) is -2.50. The molecule has 0 radical (unpaired) electrons. The molecule has 1 heterocycles. The van der Waals surface area contributed by atoms with Gasteiger partial charge >= 0.3 is 18.2 Å². The van der Waals surface area contributed by atoms with Gasteiger partial charge in [-0.15, -0.1) is 0 Å². The van der Waals surface area contributed by atoms with Gasteiger partial charge in [-0.2, -0.15) is 13.2 Å². The van der Waals surface area contributed by atoms with E-state index in [-0.39, 0.29) is 11.3 Å². The Morgan fingerprint density at radius 3 is 2.62 bits per heavy atom. The quantitative estimate of drug-likeness (QED) is 0.574. The van der Waals surface area contributed by atoms with Gasteiger partial charge in [0.1, 0.15) is 24.7 Å². The summed E-state index contributed by atoms with van der Waals surface area (Å²) in [6.45, 7) is -1.80. The summed E-state index contributed by atoms with van der Waals surface area (Å²) >= 11 is 0. The number of alkyl halides is 4. The zero-order chi connectivity index (χ0) is 17.9. The summed E-state index contributed by atoms with van der Waals surface area (Å²) in [7, 11) is 0. The molecule has 1 unspecified atom stereocenters. The molecular formula is C14H12F4N2O4. The number of allylic oxidation sites excluding steroid dienone is 1. The van der Waals surface area contributed by atoms with Gasteiger partial charge in [0.15, 0.2) is 0 Å². The summed E-state index contributed by atoms with van der Waals surface area (Å²) in [6.07, 6.45) is -5.04. The topological polar surface area (TPSA) is 87.7 Å². The van der Waals surface area contributed by atoms with Crippen molar-refractivity contribution in [3.63, 3.8) is 0 Å². The van der Waals surface area contributed by atoms with Crippen molar-refractivity contribution in [2.24, 2.45) is 0 Å². The fourth-order valence-electron chi connectivity index (χ4n) is 2.17. The number of phenols is 1. The van der Waals surface area contributed by atoms with Crippen molar-refractivity contribution in [3.8, 4) is 5.75 Å². The molecule has 0 aliphatic carbocycles. The Hall–Kier alpha value is -2.78. The number of esters is 1. The number of ether oxygens (including phenoxy) is 1. The lowest BCUT2D eigenvalue weighted by atomic mass is 9.95. The molecule has 3 N–H and O–H groups in total. The average molecular weight is 348 g/mol. The van der Waals surface area contributed by atoms with E-state index < -0.39 is 48.8 Å². The van der Waals surface area contributed by atoms with E-state index in [4.69, 9.17) is 0 Å². The van der Waals surface area contributed by atoms with E-state index in [1.165, 1.54) is 23.5 Å². The first kappa shape index (κ1) is 17.6. The molecule has 1 aliphatic heterocycles. The van der Waals surface area contributed by atoms with Gasteiger partial charge in [-0.1, -0.05) is 12.1 Å². The zero-order valence-corrected chi connectivity index (χ0v) is 12.0. The fraction of sp³-hybridized carbons (Fsp3) is 0.286. The van der Waals surface area contributed by atoms with Crippen LogP contribution in [0.1, 0.15) is 11.6 Å². The maximum Gasteiger partial charge on any atom is 0.432 e. The summed E-state index contributed by atoms with van der Waals surface area (Å²) in [5.74, 6) is -1.70. The normalized spacial score (nSPS) is 18.0. The van der Waals surface area contributed by atoms with Gasteiger partial charge in [0.25, 0.3) is 0 Å². The first-order valence-electron chi connectivity index (χ1n) is 6.65. The van der Waals surface area contributed by atoms with E-state index in [2.05, 4.69) is 10.1 Å². The Labute approximate surface area is 133 Å². The molecule has 1 atom stereocenters. The summed E-state index contributed by atoms with van der Waals surface area (Å²) < 4.78 is 56.2. The fourth-order valence-corrected chi connectivity index (χ4v) is 2.17. The molecule has 130 valence electrons. The first-order chi connectivity index (χ1) is 11.2. The molecule has 0 saturated carbocycles. The zero-order valence-electron chi connectivity index (χ0n) is 12.0. The highest BCUT2D eigenvalue weighted by Crippen LogP contribution is 2.36. The predicted molar refractivity (Wildman–Crippen MR) is 72.5 cm³/mol. The Morgan fingerprint density at radius 2 is 2.04 bits per heavy atom. The average Bonchev–Trinajstić information content (AvgIpc) is 2.51. The monoisotopic (exact) mass is 348 g/mol. The van der Waals surface area contributed by atoms with Crippen molar-refractivity contribution < 1.29 is 37.0 Å². The maximum absolute atomic E-state index is 13.2. The lowest BCUT2D eigenvalue weighted by Gasteiger charge is -2.30. The molecule has 0 aromatic heterocycles. The second-order valence-corrected chi connectivity index (χ2v) is 4.74. The van der Waals surface area contributed by atoms with Crippen molar-refractivity contribution in [1.82, 2.24) is 10.6 Å². The summed E-state index contributed by atoms with van der Waals surface area (Å²) in [6, 6.07) is 2.30. The van der Waals surface area contributed by atoms with E-state index in [9.17, 15) is 32.3 Å². The van der Waals surface area contributed by atoms with Gasteiger partial charge < -0.3 is 20.5 Å². The number of phenolic OH excluding ortho intramolecular Hbond substituents is 1. The molecule has 2 amide bonds. The summed E-state index contributed by atoms with van der Waals surface area (Å²) in [4.78, 5) is 23.5. The van der Waals surface area contributed by atoms with Crippen molar-refractivity contribution in [1.29, 1.82) is 0 Å². The molecule has 0 spiro atoms. The Kier molecular flexibility index (Phi) is 4.96. The van der Waals surface area contributed by atoms with Gasteiger partial charge in [0.2, 0.25) is 0 Å². The molecule has 2 rings (SSSR count). The maximum atomic E-state index is 13.2. The largest absolute Gasteiger partial charge is 0.508 e. The Balaban J connectivity index is 2.57. The molecule has 0 saturated heterocycles. The lowest BCUT2D eigenvalue weighted by Crippen LogP contribution is -2.49. The second-order valence-electron chi connectivity index (χ2n) is 4.74. The summed E-state index contributed by atoms with van der Waals surface area (Å²) in [5, 5.41) is 13.2. The minimum Gasteiger partial charge on any atom is -0.508 e. The van der Waals surface area contributed by atoms with Gasteiger partial charge in [-0.3, -0.25) is 0 Å². The number of hydrogen-bond donors (Lipinski definition) is 3. The number of nitrogens with one attached hydrogen (secondary N) is 2. The van der Waals surface area contributed by atoms with E-state index in [0.717, 1.165) is 6.07 Å². The third-order valence-electron chi connectivity index (χ3n) is 3.09. The number of rotatable bonds is 4. The third-order valence-corrected chi connectivity index (χ3v) is 3.09. The third kappa shape index (κ3) is 3.76. The van der Waals surface area contributed by atoms with Gasteiger partial charge in [-0.05, 0) is 17.7 Å². The van der Waals surface area contributed by atoms with Crippen LogP contribution < -0.4 is 10.6 Å². The van der Waals surface area contributed by atoms with E-state index >= 15 is 0 Å². The minimum atomic E-state index is -5.04. The molecule has 10 heteroatoms. The molecule has 0 bridgehead atoms. The van der Waals surface area contributed by atoms with Crippen LogP contribution in [-0.2, 0) is 9.53 Å². The van der Waals surface area contributed by atoms with Crippen molar-refractivity contribution in [2.75, 3.05) is 13.3 Å². The highest BCUT2D eigenvalue weighted by Gasteiger charge is 2.45. The van der Waals surface area contributed by atoms with Crippen molar-refractivity contribution in [3.05, 3.63) is 41.1 Å². The van der Waals surface area contributed by atoms with Crippen molar-refractivity contribution >= 4 is 12.0 Å². The van der Waals surface area contributed by atoms with Crippen LogP contribution in [0.4, 0.5) is 22.4 Å². The standard InChI is InChI=1S/C14H12F4N2O4/c15-4-5-24-12(22)9-10(7-2-1-3-8(21)6-7)19-13(23)20-11(9)14(16,17)18/h1-3,6,10,21H,4-5H2,(H2,19,20,23). The SMILES string of the molecule is O=C1NC(C(F)(F)F)=C(C(=O)OCCF)C(c2cccc(O)c2)N1. The van der Waals surface area contributed by atoms with E-state index in [1.807, 2.05) is 0 Å². The van der Waals surface area contributed by atoms with Crippen LogP contribution in [0.25, 0.3) is 0 Å². The number of benzene rings is 1. The minimum absolute atomic E-state index is 0.0267. The van der Waals surface area contributed by atoms with Crippen LogP contribution in [0.2, 0.25) is 0 Å². The second kappa shape index (κ2) is 6.77. The Morgan fingerprint density at radius 1 is 1.33 bits per heavy atom. The highest BCUT2D eigenvalue weighted by atomic mass is 19.4. The van der Waals surface area contributed by atoms with E-state index in [0.29, 0.717) is 0 Å². The van der Waals surface area contributed by atoms with Crippen LogP contribution >= 0.6 is 0 Å². The molecule has 1 aromatic carbocycles. The van der Waals surface area contributed by atoms with Crippen molar-refractivity contribution in [2.45, 2.75) is 12.2 Å². The number of carbonyl (C=O) groups is 2. The first-order valence-corrected chi connectivity index (χ1v) is 6.65. The molecule has 0 fully saturated rings. The smallest absolute Gasteiger partial charge is 0.432 e. The van der Waals surface area contributed by atoms with Gasteiger partial charge in [0, 0.05) is 0 Å². The molecule has 24 heavy (non-hydrogen) atoms. The van der Waals surface area contributed by atoms with Crippen LogP contribution in [-0.4, -0.2) is 36.6 Å². The highest BCUT2D eigenvalue weighted by molar-refractivity contribution is 5.95. The Bertz CT molecular complexity index is 688. The van der Waals surface area contributed by atoms with Crippen LogP contribution in [0.15, 0.2) is 35.5 Å². The predicted octanol–water partition coefficient (Wildman–Crippen LogP) is 2.08. The molecule has 1 aromatic rings. The number of urea groups is 1. The van der Waals surface area contributed by atoms with Crippen LogP contribution in [0.5, 0.6) is 5.75 Å². The number of aromatic hydroxyl groups is 1. The van der Waals surface area contributed by atoms with Gasteiger partial charge in [0.05, 0.1) is 11.6 Å². The van der Waals surface area contributed by atoms with Gasteiger partial charge in [-0.25, -0.2) is 14.0 Å². The van der Waals surface area contributed by atoms with E-state index in [1.54, 1.807) is 0 Å². The van der Waals surface area contributed by atoms with Crippen LogP contribution in [0, 0.1) is 0 Å². The molecular weight excluding hydrogens is 336 g/mol. The number of carbonyl (C=O) groups excluding carboxylic acids is 2. The van der Waals surface area contributed by atoms with Crippen LogP contribution in [0.3, 0.4) is 0 Å². The molecule has 6 nitrogen and oxygen atoms in total. The molecule has 1 aliphatic rings. The number of halogens is 4. The number of hydrogen-bond acceptors (Lipinski definition) is 4. The lowest BCUT2D eigenvalue weighted by molar-refractivity contribution is -0.141. The number of amides is 2.